The normalized spacial score (nSPS) is 11.8. The molecule has 4 aromatic carbocycles. The lowest BCUT2D eigenvalue weighted by molar-refractivity contribution is -0.139. The summed E-state index contributed by atoms with van der Waals surface area (Å²) < 4.78 is 32.7. The SMILES string of the molecule is CNC(=O)[C@@H](Cc1ccccc1)N(Cc1ccccc1)C(=O)CN(c1ccc(Oc2ccccc2)cc1)S(C)(=O)=O. The first-order chi connectivity index (χ1) is 19.7. The first-order valence-corrected chi connectivity index (χ1v) is 15.0. The lowest BCUT2D eigenvalue weighted by atomic mass is 10.0. The molecule has 0 radical (unpaired) electrons. The number of para-hydroxylation sites is 1. The van der Waals surface area contributed by atoms with E-state index in [4.69, 9.17) is 4.74 Å². The Kier molecular flexibility index (Phi) is 9.76. The zero-order chi connectivity index (χ0) is 29.2. The first kappa shape index (κ1) is 29.4. The van der Waals surface area contributed by atoms with Crippen molar-refractivity contribution in [2.75, 3.05) is 24.2 Å². The number of benzene rings is 4. The Labute approximate surface area is 241 Å². The lowest BCUT2D eigenvalue weighted by Crippen LogP contribution is -2.52. The maximum absolute atomic E-state index is 14.0. The van der Waals surface area contributed by atoms with Gasteiger partial charge in [-0.05, 0) is 47.5 Å². The second kappa shape index (κ2) is 13.6. The Bertz CT molecular complexity index is 1530. The molecule has 1 atom stereocenters. The standard InChI is InChI=1S/C32H33N3O5S/c1-33-32(37)30(22-25-12-6-3-7-13-25)34(23-26-14-8-4-9-15-26)31(36)24-35(41(2,38)39)27-18-20-29(21-19-27)40-28-16-10-5-11-17-28/h3-21,30H,22-24H2,1-2H3,(H,33,37)/t30-/m1/s1. The van der Waals surface area contributed by atoms with Crippen molar-refractivity contribution >= 4 is 27.5 Å². The molecule has 8 nitrogen and oxygen atoms in total. The number of sulfonamides is 1. The van der Waals surface area contributed by atoms with Crippen LogP contribution < -0.4 is 14.4 Å². The molecule has 0 aliphatic heterocycles. The fourth-order valence-electron chi connectivity index (χ4n) is 4.42. The van der Waals surface area contributed by atoms with Gasteiger partial charge < -0.3 is 15.0 Å². The van der Waals surface area contributed by atoms with Gasteiger partial charge in [0, 0.05) is 20.0 Å². The van der Waals surface area contributed by atoms with Crippen LogP contribution >= 0.6 is 0 Å². The van der Waals surface area contributed by atoms with Crippen LogP contribution in [-0.2, 0) is 32.6 Å². The number of rotatable bonds is 12. The van der Waals surface area contributed by atoms with Gasteiger partial charge in [0.05, 0.1) is 11.9 Å². The van der Waals surface area contributed by atoms with E-state index in [-0.39, 0.29) is 18.9 Å². The predicted octanol–water partition coefficient (Wildman–Crippen LogP) is 4.63. The number of hydrogen-bond donors (Lipinski definition) is 1. The summed E-state index contributed by atoms with van der Waals surface area (Å²) >= 11 is 0. The quantitative estimate of drug-likeness (QED) is 0.268. The monoisotopic (exact) mass is 571 g/mol. The summed E-state index contributed by atoms with van der Waals surface area (Å²) in [5.41, 5.74) is 2.00. The molecule has 0 aromatic heterocycles. The van der Waals surface area contributed by atoms with Crippen molar-refractivity contribution < 1.29 is 22.7 Å². The van der Waals surface area contributed by atoms with Crippen LogP contribution in [0.15, 0.2) is 115 Å². The van der Waals surface area contributed by atoms with Crippen LogP contribution in [0.2, 0.25) is 0 Å². The van der Waals surface area contributed by atoms with Gasteiger partial charge in [-0.2, -0.15) is 0 Å². The van der Waals surface area contributed by atoms with Crippen molar-refractivity contribution in [2.24, 2.45) is 0 Å². The number of nitrogens with one attached hydrogen (secondary N) is 1. The number of carbonyl (C=O) groups is 2. The molecular weight excluding hydrogens is 538 g/mol. The highest BCUT2D eigenvalue weighted by molar-refractivity contribution is 7.92. The van der Waals surface area contributed by atoms with E-state index in [0.29, 0.717) is 17.2 Å². The first-order valence-electron chi connectivity index (χ1n) is 13.1. The van der Waals surface area contributed by atoms with E-state index in [1.54, 1.807) is 24.3 Å². The van der Waals surface area contributed by atoms with Gasteiger partial charge in [0.15, 0.2) is 0 Å². The average molecular weight is 572 g/mol. The summed E-state index contributed by atoms with van der Waals surface area (Å²) in [6.07, 6.45) is 1.32. The minimum Gasteiger partial charge on any atom is -0.457 e. The highest BCUT2D eigenvalue weighted by atomic mass is 32.2. The number of hydrogen-bond acceptors (Lipinski definition) is 5. The lowest BCUT2D eigenvalue weighted by Gasteiger charge is -2.33. The highest BCUT2D eigenvalue weighted by Gasteiger charge is 2.32. The van der Waals surface area contributed by atoms with Crippen molar-refractivity contribution in [1.82, 2.24) is 10.2 Å². The molecule has 4 rings (SSSR count). The second-order valence-electron chi connectivity index (χ2n) is 9.51. The molecule has 0 aliphatic carbocycles. The smallest absolute Gasteiger partial charge is 0.244 e. The number of ether oxygens (including phenoxy) is 1. The van der Waals surface area contributed by atoms with Crippen LogP contribution in [0.5, 0.6) is 11.5 Å². The number of carbonyl (C=O) groups excluding carboxylic acids is 2. The van der Waals surface area contributed by atoms with E-state index < -0.39 is 28.5 Å². The fourth-order valence-corrected chi connectivity index (χ4v) is 5.27. The molecule has 0 saturated carbocycles. The molecule has 4 aromatic rings. The summed E-state index contributed by atoms with van der Waals surface area (Å²) in [4.78, 5) is 28.5. The van der Waals surface area contributed by atoms with E-state index in [1.165, 1.54) is 11.9 Å². The molecular formula is C32H33N3O5S. The molecule has 0 heterocycles. The van der Waals surface area contributed by atoms with Crippen LogP contribution in [0.1, 0.15) is 11.1 Å². The number of amides is 2. The van der Waals surface area contributed by atoms with Gasteiger partial charge in [0.1, 0.15) is 24.1 Å². The molecule has 212 valence electrons. The number of anilines is 1. The molecule has 0 aliphatic rings. The highest BCUT2D eigenvalue weighted by Crippen LogP contribution is 2.26. The van der Waals surface area contributed by atoms with Crippen molar-refractivity contribution in [3.05, 3.63) is 126 Å². The Balaban J connectivity index is 1.63. The van der Waals surface area contributed by atoms with Crippen LogP contribution in [-0.4, -0.2) is 51.0 Å². The van der Waals surface area contributed by atoms with Gasteiger partial charge in [0.2, 0.25) is 21.8 Å². The Hall–Kier alpha value is -4.63. The van der Waals surface area contributed by atoms with E-state index in [1.807, 2.05) is 91.0 Å². The van der Waals surface area contributed by atoms with Gasteiger partial charge in [-0.3, -0.25) is 13.9 Å². The molecule has 41 heavy (non-hydrogen) atoms. The van der Waals surface area contributed by atoms with Gasteiger partial charge in [-0.25, -0.2) is 8.42 Å². The van der Waals surface area contributed by atoms with Gasteiger partial charge in [0.25, 0.3) is 0 Å². The largest absolute Gasteiger partial charge is 0.457 e. The van der Waals surface area contributed by atoms with Crippen LogP contribution in [0.4, 0.5) is 5.69 Å². The molecule has 0 saturated heterocycles. The summed E-state index contributed by atoms with van der Waals surface area (Å²) in [7, 11) is -2.34. The number of likely N-dealkylation sites (N-methyl/N-ethyl adjacent to an activating group) is 1. The fraction of sp³-hybridized carbons (Fsp3) is 0.188. The number of nitrogens with zero attached hydrogens (tertiary/aromatic N) is 2. The van der Waals surface area contributed by atoms with E-state index >= 15 is 0 Å². The molecule has 0 unspecified atom stereocenters. The Morgan fingerprint density at radius 1 is 0.756 bits per heavy atom. The van der Waals surface area contributed by atoms with Gasteiger partial charge in [-0.15, -0.1) is 0 Å². The van der Waals surface area contributed by atoms with Gasteiger partial charge >= 0.3 is 0 Å². The summed E-state index contributed by atoms with van der Waals surface area (Å²) in [6, 6.07) is 33.5. The Morgan fingerprint density at radius 3 is 1.80 bits per heavy atom. The molecule has 0 fully saturated rings. The summed E-state index contributed by atoms with van der Waals surface area (Å²) in [5.74, 6) is 0.318. The van der Waals surface area contributed by atoms with E-state index in [9.17, 15) is 18.0 Å². The summed E-state index contributed by atoms with van der Waals surface area (Å²) in [6.45, 7) is -0.348. The van der Waals surface area contributed by atoms with Gasteiger partial charge in [-0.1, -0.05) is 78.9 Å². The van der Waals surface area contributed by atoms with Crippen molar-refractivity contribution in [1.29, 1.82) is 0 Å². The zero-order valence-corrected chi connectivity index (χ0v) is 23.8. The maximum Gasteiger partial charge on any atom is 0.244 e. The predicted molar refractivity (Wildman–Crippen MR) is 160 cm³/mol. The zero-order valence-electron chi connectivity index (χ0n) is 23.0. The van der Waals surface area contributed by atoms with Crippen molar-refractivity contribution in [3.63, 3.8) is 0 Å². The van der Waals surface area contributed by atoms with Crippen LogP contribution in [0, 0.1) is 0 Å². The van der Waals surface area contributed by atoms with E-state index in [0.717, 1.165) is 21.7 Å². The maximum atomic E-state index is 14.0. The van der Waals surface area contributed by atoms with E-state index in [2.05, 4.69) is 5.32 Å². The molecule has 1 N–H and O–H groups in total. The minimum atomic E-state index is -3.86. The third kappa shape index (κ3) is 8.18. The summed E-state index contributed by atoms with van der Waals surface area (Å²) in [5, 5.41) is 2.67. The molecule has 0 bridgehead atoms. The third-order valence-corrected chi connectivity index (χ3v) is 7.64. The molecule has 0 spiro atoms. The van der Waals surface area contributed by atoms with Crippen LogP contribution in [0.3, 0.4) is 0 Å². The van der Waals surface area contributed by atoms with Crippen molar-refractivity contribution in [3.8, 4) is 11.5 Å². The Morgan fingerprint density at radius 2 is 1.27 bits per heavy atom. The topological polar surface area (TPSA) is 96.0 Å². The minimum absolute atomic E-state index is 0.131. The van der Waals surface area contributed by atoms with Crippen molar-refractivity contribution in [2.45, 2.75) is 19.0 Å². The molecule has 9 heteroatoms. The molecule has 2 amide bonds. The second-order valence-corrected chi connectivity index (χ2v) is 11.4. The average Bonchev–Trinajstić information content (AvgIpc) is 2.98. The third-order valence-electron chi connectivity index (χ3n) is 6.50. The van der Waals surface area contributed by atoms with Crippen LogP contribution in [0.25, 0.3) is 0 Å².